The first-order valence-electron chi connectivity index (χ1n) is 6.99. The van der Waals surface area contributed by atoms with Gasteiger partial charge in [-0.05, 0) is 39.5 Å². The normalized spacial score (nSPS) is 23.7. The third-order valence-corrected chi connectivity index (χ3v) is 4.18. The lowest BCUT2D eigenvalue weighted by Gasteiger charge is -2.36. The predicted octanol–water partition coefficient (Wildman–Crippen LogP) is 1.73. The number of piperidine rings is 1. The van der Waals surface area contributed by atoms with Crippen molar-refractivity contribution in [3.05, 3.63) is 11.4 Å². The predicted molar refractivity (Wildman–Crippen MR) is 75.7 cm³/mol. The Balaban J connectivity index is 2.06. The zero-order valence-electron chi connectivity index (χ0n) is 12.3. The molecule has 0 spiro atoms. The summed E-state index contributed by atoms with van der Waals surface area (Å²) in [5.41, 5.74) is 8.26. The number of nitrogens with two attached hydrogens (primary N) is 1. The van der Waals surface area contributed by atoms with Crippen LogP contribution in [-0.4, -0.2) is 33.2 Å². The topological polar surface area (TPSA) is 64.2 Å². The molecule has 0 radical (unpaired) electrons. The number of likely N-dealkylation sites (tertiary alicyclic amines) is 1. The summed E-state index contributed by atoms with van der Waals surface area (Å²) < 4.78 is 1.72. The molecule has 106 valence electrons. The van der Waals surface area contributed by atoms with Crippen molar-refractivity contribution in [2.24, 2.45) is 5.92 Å². The summed E-state index contributed by atoms with van der Waals surface area (Å²) in [5, 5.41) is 4.33. The summed E-state index contributed by atoms with van der Waals surface area (Å²) in [6, 6.07) is 0.325. The molecule has 0 saturated carbocycles. The number of aromatic nitrogens is 2. The van der Waals surface area contributed by atoms with Gasteiger partial charge in [-0.15, -0.1) is 0 Å². The van der Waals surface area contributed by atoms with E-state index < -0.39 is 0 Å². The van der Waals surface area contributed by atoms with Crippen LogP contribution in [0.1, 0.15) is 38.1 Å². The molecule has 5 nitrogen and oxygen atoms in total. The Morgan fingerprint density at radius 1 is 1.42 bits per heavy atom. The van der Waals surface area contributed by atoms with E-state index >= 15 is 0 Å². The molecule has 1 amide bonds. The number of carbonyl (C=O) groups excluding carboxylic acids is 1. The third-order valence-electron chi connectivity index (χ3n) is 4.18. The van der Waals surface area contributed by atoms with Crippen LogP contribution in [0.15, 0.2) is 0 Å². The van der Waals surface area contributed by atoms with Crippen LogP contribution in [0, 0.1) is 19.8 Å². The van der Waals surface area contributed by atoms with Gasteiger partial charge in [0.05, 0.1) is 17.1 Å². The summed E-state index contributed by atoms with van der Waals surface area (Å²) in [7, 11) is 0. The van der Waals surface area contributed by atoms with Gasteiger partial charge < -0.3 is 10.6 Å². The number of hydrogen-bond donors (Lipinski definition) is 1. The molecule has 19 heavy (non-hydrogen) atoms. The summed E-state index contributed by atoms with van der Waals surface area (Å²) >= 11 is 0. The summed E-state index contributed by atoms with van der Waals surface area (Å²) in [5.74, 6) is 0.855. The van der Waals surface area contributed by atoms with Crippen molar-refractivity contribution in [2.75, 3.05) is 12.3 Å². The SMILES string of the molecule is Cc1nn(CC(=O)N2CCC(C)CC2C)c(C)c1N. The number of amides is 1. The molecule has 2 heterocycles. The van der Waals surface area contributed by atoms with Crippen molar-refractivity contribution in [1.82, 2.24) is 14.7 Å². The highest BCUT2D eigenvalue weighted by Gasteiger charge is 2.27. The molecule has 2 N–H and O–H groups in total. The summed E-state index contributed by atoms with van der Waals surface area (Å²) in [6.07, 6.45) is 2.18. The van der Waals surface area contributed by atoms with E-state index in [0.29, 0.717) is 24.2 Å². The smallest absolute Gasteiger partial charge is 0.244 e. The lowest BCUT2D eigenvalue weighted by Crippen LogP contribution is -2.45. The molecule has 0 aliphatic carbocycles. The number of anilines is 1. The fourth-order valence-corrected chi connectivity index (χ4v) is 2.86. The molecule has 2 atom stereocenters. The fourth-order valence-electron chi connectivity index (χ4n) is 2.86. The van der Waals surface area contributed by atoms with Crippen molar-refractivity contribution in [2.45, 2.75) is 53.1 Å². The van der Waals surface area contributed by atoms with Crippen molar-refractivity contribution in [3.8, 4) is 0 Å². The van der Waals surface area contributed by atoms with Crippen LogP contribution < -0.4 is 5.73 Å². The first-order chi connectivity index (χ1) is 8.90. The Bertz CT molecular complexity index is 480. The molecular formula is C14H24N4O. The van der Waals surface area contributed by atoms with E-state index in [9.17, 15) is 4.79 Å². The van der Waals surface area contributed by atoms with Crippen LogP contribution in [0.25, 0.3) is 0 Å². The Hall–Kier alpha value is -1.52. The summed E-state index contributed by atoms with van der Waals surface area (Å²) in [6.45, 7) is 9.31. The van der Waals surface area contributed by atoms with Crippen molar-refractivity contribution in [3.63, 3.8) is 0 Å². The monoisotopic (exact) mass is 264 g/mol. The Morgan fingerprint density at radius 3 is 2.63 bits per heavy atom. The standard InChI is InChI=1S/C14H24N4O/c1-9-5-6-17(10(2)7-9)13(19)8-18-12(4)14(15)11(3)16-18/h9-10H,5-8,15H2,1-4H3. The molecule has 2 rings (SSSR count). The van der Waals surface area contributed by atoms with Gasteiger partial charge in [0.2, 0.25) is 5.91 Å². The number of aryl methyl sites for hydroxylation is 1. The van der Waals surface area contributed by atoms with Gasteiger partial charge in [0, 0.05) is 12.6 Å². The molecule has 1 aliphatic rings. The largest absolute Gasteiger partial charge is 0.396 e. The molecule has 0 bridgehead atoms. The molecule has 1 aliphatic heterocycles. The van der Waals surface area contributed by atoms with Crippen LogP contribution in [0.2, 0.25) is 0 Å². The zero-order valence-corrected chi connectivity index (χ0v) is 12.3. The van der Waals surface area contributed by atoms with Crippen molar-refractivity contribution in [1.29, 1.82) is 0 Å². The van der Waals surface area contributed by atoms with Crippen LogP contribution >= 0.6 is 0 Å². The van der Waals surface area contributed by atoms with E-state index in [-0.39, 0.29) is 5.91 Å². The average Bonchev–Trinajstić information content (AvgIpc) is 2.57. The van der Waals surface area contributed by atoms with Crippen LogP contribution in [0.5, 0.6) is 0 Å². The number of hydrogen-bond acceptors (Lipinski definition) is 3. The number of nitrogens with zero attached hydrogens (tertiary/aromatic N) is 3. The van der Waals surface area contributed by atoms with Crippen LogP contribution in [0.4, 0.5) is 5.69 Å². The lowest BCUT2D eigenvalue weighted by molar-refractivity contribution is -0.135. The molecule has 1 aromatic heterocycles. The Morgan fingerprint density at radius 2 is 2.11 bits per heavy atom. The maximum atomic E-state index is 12.4. The third kappa shape index (κ3) is 2.74. The zero-order chi connectivity index (χ0) is 14.2. The molecule has 2 unspecified atom stereocenters. The second kappa shape index (κ2) is 5.23. The van der Waals surface area contributed by atoms with E-state index in [4.69, 9.17) is 5.73 Å². The van der Waals surface area contributed by atoms with E-state index in [0.717, 1.165) is 30.8 Å². The van der Waals surface area contributed by atoms with Gasteiger partial charge in [-0.1, -0.05) is 6.92 Å². The van der Waals surface area contributed by atoms with Crippen LogP contribution in [-0.2, 0) is 11.3 Å². The second-order valence-electron chi connectivity index (χ2n) is 5.81. The van der Waals surface area contributed by atoms with E-state index in [1.54, 1.807) is 4.68 Å². The minimum atomic E-state index is 0.144. The fraction of sp³-hybridized carbons (Fsp3) is 0.714. The quantitative estimate of drug-likeness (QED) is 0.884. The highest BCUT2D eigenvalue weighted by molar-refractivity contribution is 5.76. The van der Waals surface area contributed by atoms with Gasteiger partial charge in [-0.3, -0.25) is 9.48 Å². The van der Waals surface area contributed by atoms with E-state index in [2.05, 4.69) is 18.9 Å². The summed E-state index contributed by atoms with van der Waals surface area (Å²) in [4.78, 5) is 14.4. The molecule has 1 saturated heterocycles. The van der Waals surface area contributed by atoms with Gasteiger partial charge >= 0.3 is 0 Å². The lowest BCUT2D eigenvalue weighted by atomic mass is 9.93. The number of carbonyl (C=O) groups is 1. The first-order valence-corrected chi connectivity index (χ1v) is 6.99. The van der Waals surface area contributed by atoms with Gasteiger partial charge in [0.15, 0.2) is 0 Å². The van der Waals surface area contributed by atoms with Crippen molar-refractivity contribution < 1.29 is 4.79 Å². The Kier molecular flexibility index (Phi) is 3.83. The highest BCUT2D eigenvalue weighted by atomic mass is 16.2. The first kappa shape index (κ1) is 13.9. The van der Waals surface area contributed by atoms with Gasteiger partial charge in [-0.25, -0.2) is 0 Å². The van der Waals surface area contributed by atoms with Crippen LogP contribution in [0.3, 0.4) is 0 Å². The maximum Gasteiger partial charge on any atom is 0.244 e. The number of rotatable bonds is 2. The molecular weight excluding hydrogens is 240 g/mol. The Labute approximate surface area is 114 Å². The average molecular weight is 264 g/mol. The van der Waals surface area contributed by atoms with E-state index in [1.807, 2.05) is 18.7 Å². The second-order valence-corrected chi connectivity index (χ2v) is 5.81. The highest BCUT2D eigenvalue weighted by Crippen LogP contribution is 2.23. The molecule has 1 aromatic rings. The maximum absolute atomic E-state index is 12.4. The van der Waals surface area contributed by atoms with E-state index in [1.165, 1.54) is 0 Å². The number of nitrogen functional groups attached to an aromatic ring is 1. The van der Waals surface area contributed by atoms with Gasteiger partial charge in [-0.2, -0.15) is 5.10 Å². The van der Waals surface area contributed by atoms with Crippen molar-refractivity contribution >= 4 is 11.6 Å². The molecule has 1 fully saturated rings. The molecule has 0 aromatic carbocycles. The van der Waals surface area contributed by atoms with Gasteiger partial charge in [0.25, 0.3) is 0 Å². The molecule has 5 heteroatoms. The minimum Gasteiger partial charge on any atom is -0.396 e. The van der Waals surface area contributed by atoms with Gasteiger partial charge in [0.1, 0.15) is 6.54 Å². The minimum absolute atomic E-state index is 0.144.